The standard InChI is InChI=1S/C6H9NO.3C4H6N2O.3CH4/c1-4-5(2)8-6(3)7-4;1-3-5-6-4(2)7-3;2*1-3-5-4(2)7-6-3;;;/h1-3H3;3*1-2H3;3*1H4. The van der Waals surface area contributed by atoms with Crippen LogP contribution in [0.25, 0.3) is 0 Å². The molecular weight excluding hydrogens is 414 g/mol. The van der Waals surface area contributed by atoms with Gasteiger partial charge in [-0.2, -0.15) is 9.97 Å². The molecule has 0 amide bonds. The molecular formula is C21H39N7O4. The van der Waals surface area contributed by atoms with Crippen LogP contribution in [0.5, 0.6) is 0 Å². The van der Waals surface area contributed by atoms with Crippen LogP contribution in [-0.2, 0) is 0 Å². The normalized spacial score (nSPS) is 8.66. The van der Waals surface area contributed by atoms with Gasteiger partial charge in [-0.05, 0) is 27.7 Å². The molecule has 0 aliphatic carbocycles. The lowest BCUT2D eigenvalue weighted by atomic mass is 10.4. The predicted molar refractivity (Wildman–Crippen MR) is 122 cm³/mol. The minimum absolute atomic E-state index is 0. The molecule has 0 aromatic carbocycles. The zero-order chi connectivity index (χ0) is 22.0. The van der Waals surface area contributed by atoms with Crippen LogP contribution in [0.2, 0.25) is 0 Å². The molecule has 0 aliphatic rings. The van der Waals surface area contributed by atoms with Crippen LogP contribution in [0.4, 0.5) is 0 Å². The Kier molecular flexibility index (Phi) is 17.0. The minimum atomic E-state index is 0. The third-order valence-electron chi connectivity index (χ3n) is 3.02. The van der Waals surface area contributed by atoms with Crippen molar-refractivity contribution in [3.63, 3.8) is 0 Å². The van der Waals surface area contributed by atoms with Crippen molar-refractivity contribution in [1.82, 2.24) is 35.5 Å². The third-order valence-corrected chi connectivity index (χ3v) is 3.02. The quantitative estimate of drug-likeness (QED) is 0.329. The van der Waals surface area contributed by atoms with E-state index in [1.807, 2.05) is 20.8 Å². The maximum absolute atomic E-state index is 5.10. The molecule has 4 heterocycles. The van der Waals surface area contributed by atoms with E-state index in [2.05, 4.69) is 44.5 Å². The predicted octanol–water partition coefficient (Wildman–Crippen LogP) is 5.57. The second-order valence-corrected chi connectivity index (χ2v) is 5.94. The molecule has 0 fully saturated rings. The number of aromatic nitrogens is 7. The highest BCUT2D eigenvalue weighted by atomic mass is 16.5. The topological polar surface area (TPSA) is 143 Å². The third kappa shape index (κ3) is 13.8. The lowest BCUT2D eigenvalue weighted by molar-refractivity contribution is 0.389. The molecule has 11 nitrogen and oxygen atoms in total. The molecule has 4 aromatic rings. The number of hydrogen-bond donors (Lipinski definition) is 0. The maximum atomic E-state index is 5.10. The smallest absolute Gasteiger partial charge is 0.223 e. The van der Waals surface area contributed by atoms with E-state index in [1.165, 1.54) is 0 Å². The summed E-state index contributed by atoms with van der Waals surface area (Å²) in [6.45, 7) is 16.3. The van der Waals surface area contributed by atoms with Crippen LogP contribution in [-0.4, -0.2) is 35.5 Å². The van der Waals surface area contributed by atoms with Crippen LogP contribution in [0.15, 0.2) is 17.9 Å². The van der Waals surface area contributed by atoms with Gasteiger partial charge in [0.15, 0.2) is 17.5 Å². The van der Waals surface area contributed by atoms with Crippen molar-refractivity contribution in [3.8, 4) is 0 Å². The molecule has 32 heavy (non-hydrogen) atoms. The largest absolute Gasteiger partial charge is 0.446 e. The fourth-order valence-electron chi connectivity index (χ4n) is 1.83. The average molecular weight is 454 g/mol. The molecule has 4 rings (SSSR count). The van der Waals surface area contributed by atoms with Gasteiger partial charge in [0.1, 0.15) is 5.76 Å². The molecule has 0 spiro atoms. The van der Waals surface area contributed by atoms with Gasteiger partial charge >= 0.3 is 0 Å². The lowest BCUT2D eigenvalue weighted by Gasteiger charge is -1.77. The van der Waals surface area contributed by atoms with E-state index in [-0.39, 0.29) is 22.3 Å². The number of nitrogens with zero attached hydrogens (tertiary/aromatic N) is 7. The van der Waals surface area contributed by atoms with Crippen molar-refractivity contribution in [1.29, 1.82) is 0 Å². The highest BCUT2D eigenvalue weighted by Gasteiger charge is 1.97. The van der Waals surface area contributed by atoms with Crippen molar-refractivity contribution in [2.24, 2.45) is 0 Å². The number of oxazole rings is 1. The van der Waals surface area contributed by atoms with Gasteiger partial charge in [0.2, 0.25) is 23.6 Å². The molecule has 0 N–H and O–H groups in total. The molecule has 4 aromatic heterocycles. The van der Waals surface area contributed by atoms with Crippen molar-refractivity contribution >= 4 is 0 Å². The van der Waals surface area contributed by atoms with Crippen LogP contribution in [0.1, 0.15) is 74.8 Å². The fraction of sp³-hybridized carbons (Fsp3) is 0.571. The molecule has 182 valence electrons. The van der Waals surface area contributed by atoms with Gasteiger partial charge in [0, 0.05) is 34.6 Å². The second-order valence-electron chi connectivity index (χ2n) is 5.94. The summed E-state index contributed by atoms with van der Waals surface area (Å²) in [5, 5.41) is 14.3. The minimum Gasteiger partial charge on any atom is -0.446 e. The molecule has 0 saturated heterocycles. The highest BCUT2D eigenvalue weighted by molar-refractivity contribution is 5.03. The zero-order valence-corrected chi connectivity index (χ0v) is 18.3. The molecule has 0 bridgehead atoms. The second kappa shape index (κ2) is 16.3. The summed E-state index contributed by atoms with van der Waals surface area (Å²) >= 11 is 0. The monoisotopic (exact) mass is 453 g/mol. The molecule has 0 aliphatic heterocycles. The van der Waals surface area contributed by atoms with Gasteiger partial charge in [0.25, 0.3) is 0 Å². The van der Waals surface area contributed by atoms with Crippen LogP contribution in [0.3, 0.4) is 0 Å². The first-order valence-electron chi connectivity index (χ1n) is 8.78. The Labute approximate surface area is 191 Å². The van der Waals surface area contributed by atoms with Gasteiger partial charge in [-0.15, -0.1) is 10.2 Å². The number of aryl methyl sites for hydroxylation is 9. The average Bonchev–Trinajstić information content (AvgIpc) is 3.36. The Bertz CT molecular complexity index is 826. The summed E-state index contributed by atoms with van der Waals surface area (Å²) < 4.78 is 19.2. The summed E-state index contributed by atoms with van der Waals surface area (Å²) in [6.07, 6.45) is 0. The van der Waals surface area contributed by atoms with Gasteiger partial charge in [-0.1, -0.05) is 32.6 Å². The van der Waals surface area contributed by atoms with Crippen molar-refractivity contribution < 1.29 is 17.9 Å². The fourth-order valence-corrected chi connectivity index (χ4v) is 1.83. The molecule has 0 radical (unpaired) electrons. The van der Waals surface area contributed by atoms with E-state index < -0.39 is 0 Å². The summed E-state index contributed by atoms with van der Waals surface area (Å²) in [7, 11) is 0. The van der Waals surface area contributed by atoms with Gasteiger partial charge in [-0.25, -0.2) is 4.98 Å². The Hall–Kier alpha value is -3.37. The van der Waals surface area contributed by atoms with E-state index in [0.29, 0.717) is 35.2 Å². The molecule has 0 atom stereocenters. The Morgan fingerprint density at radius 3 is 0.969 bits per heavy atom. The van der Waals surface area contributed by atoms with Crippen LogP contribution < -0.4 is 0 Å². The zero-order valence-electron chi connectivity index (χ0n) is 18.3. The van der Waals surface area contributed by atoms with Crippen molar-refractivity contribution in [3.05, 3.63) is 52.6 Å². The van der Waals surface area contributed by atoms with E-state index in [0.717, 1.165) is 17.3 Å². The van der Waals surface area contributed by atoms with Crippen LogP contribution in [0, 0.1) is 62.3 Å². The first-order chi connectivity index (χ1) is 13.6. The van der Waals surface area contributed by atoms with E-state index in [4.69, 9.17) is 8.83 Å². The maximum Gasteiger partial charge on any atom is 0.223 e. The Morgan fingerprint density at radius 2 is 0.875 bits per heavy atom. The molecule has 0 unspecified atom stereocenters. The summed E-state index contributed by atoms with van der Waals surface area (Å²) in [6, 6.07) is 0. The Morgan fingerprint density at radius 1 is 0.469 bits per heavy atom. The lowest BCUT2D eigenvalue weighted by Crippen LogP contribution is -1.71. The van der Waals surface area contributed by atoms with Crippen molar-refractivity contribution in [2.45, 2.75) is 84.6 Å². The van der Waals surface area contributed by atoms with Gasteiger partial charge < -0.3 is 17.9 Å². The summed E-state index contributed by atoms with van der Waals surface area (Å²) in [5.41, 5.74) is 0.988. The van der Waals surface area contributed by atoms with Gasteiger partial charge in [-0.3, -0.25) is 0 Å². The van der Waals surface area contributed by atoms with E-state index in [1.54, 1.807) is 41.5 Å². The highest BCUT2D eigenvalue weighted by Crippen LogP contribution is 2.05. The SMILES string of the molecule is C.C.C.Cc1nc(C)c(C)o1.Cc1nnc(C)o1.Cc1noc(C)n1.Cc1noc(C)n1. The molecule has 11 heteroatoms. The summed E-state index contributed by atoms with van der Waals surface area (Å²) in [4.78, 5) is 11.7. The van der Waals surface area contributed by atoms with E-state index >= 15 is 0 Å². The Balaban J connectivity index is -0.000000340. The first kappa shape index (κ1) is 33.3. The van der Waals surface area contributed by atoms with Gasteiger partial charge in [0.05, 0.1) is 5.69 Å². The number of hydrogen-bond acceptors (Lipinski definition) is 11. The first-order valence-corrected chi connectivity index (χ1v) is 8.78. The molecule has 0 saturated carbocycles. The number of rotatable bonds is 0. The summed E-state index contributed by atoms with van der Waals surface area (Å²) in [5.74, 6) is 5.54. The van der Waals surface area contributed by atoms with Crippen molar-refractivity contribution in [2.75, 3.05) is 0 Å². The van der Waals surface area contributed by atoms with E-state index in [9.17, 15) is 0 Å². The van der Waals surface area contributed by atoms with Crippen LogP contribution >= 0.6 is 0 Å².